The van der Waals surface area contributed by atoms with Crippen molar-refractivity contribution in [1.29, 1.82) is 0 Å². The van der Waals surface area contributed by atoms with Crippen LogP contribution in [0.1, 0.15) is 44.4 Å². The SMILES string of the molecule is Cc1c(CNC2CCC(C)C(C)C2)n(C)c2ccccc12. The molecule has 1 aliphatic carbocycles. The number of hydrogen-bond acceptors (Lipinski definition) is 1. The zero-order valence-electron chi connectivity index (χ0n) is 13.8. The summed E-state index contributed by atoms with van der Waals surface area (Å²) in [4.78, 5) is 0. The first kappa shape index (κ1) is 14.6. The second kappa shape index (κ2) is 5.84. The van der Waals surface area contributed by atoms with Crippen molar-refractivity contribution >= 4 is 10.9 Å². The van der Waals surface area contributed by atoms with Crippen molar-refractivity contribution in [3.05, 3.63) is 35.5 Å². The van der Waals surface area contributed by atoms with Gasteiger partial charge < -0.3 is 9.88 Å². The van der Waals surface area contributed by atoms with Crippen molar-refractivity contribution in [2.45, 2.75) is 52.6 Å². The first-order chi connectivity index (χ1) is 10.1. The van der Waals surface area contributed by atoms with E-state index in [1.54, 1.807) is 0 Å². The molecule has 0 amide bonds. The third-order valence-corrected chi connectivity index (χ3v) is 5.66. The highest BCUT2D eigenvalue weighted by Gasteiger charge is 2.24. The number of para-hydroxylation sites is 1. The summed E-state index contributed by atoms with van der Waals surface area (Å²) in [5, 5.41) is 5.20. The number of nitrogens with one attached hydrogen (secondary N) is 1. The number of rotatable bonds is 3. The summed E-state index contributed by atoms with van der Waals surface area (Å²) in [6.07, 6.45) is 4.02. The van der Waals surface area contributed by atoms with Gasteiger partial charge in [0, 0.05) is 36.2 Å². The molecule has 114 valence electrons. The van der Waals surface area contributed by atoms with Crippen LogP contribution in [0.3, 0.4) is 0 Å². The summed E-state index contributed by atoms with van der Waals surface area (Å²) < 4.78 is 2.35. The van der Waals surface area contributed by atoms with E-state index in [4.69, 9.17) is 0 Å². The van der Waals surface area contributed by atoms with Crippen LogP contribution < -0.4 is 5.32 Å². The van der Waals surface area contributed by atoms with Crippen LogP contribution in [-0.4, -0.2) is 10.6 Å². The van der Waals surface area contributed by atoms with Crippen LogP contribution in [0, 0.1) is 18.8 Å². The lowest BCUT2D eigenvalue weighted by Crippen LogP contribution is -2.36. The summed E-state index contributed by atoms with van der Waals surface area (Å²) in [6.45, 7) is 8.04. The van der Waals surface area contributed by atoms with Gasteiger partial charge in [-0.25, -0.2) is 0 Å². The van der Waals surface area contributed by atoms with Gasteiger partial charge in [0.25, 0.3) is 0 Å². The number of aromatic nitrogens is 1. The van der Waals surface area contributed by atoms with E-state index < -0.39 is 0 Å². The molecule has 1 heterocycles. The van der Waals surface area contributed by atoms with E-state index >= 15 is 0 Å². The summed E-state index contributed by atoms with van der Waals surface area (Å²) in [5.41, 5.74) is 4.21. The molecule has 21 heavy (non-hydrogen) atoms. The standard InChI is InChI=1S/C19H28N2/c1-13-9-10-16(11-14(13)2)20-12-19-15(3)17-7-5-6-8-18(17)21(19)4/h5-8,13-14,16,20H,9-12H2,1-4H3. The van der Waals surface area contributed by atoms with Crippen LogP contribution in [0.4, 0.5) is 0 Å². The van der Waals surface area contributed by atoms with E-state index in [1.807, 2.05) is 0 Å². The molecule has 0 spiro atoms. The fourth-order valence-corrected chi connectivity index (χ4v) is 3.86. The third-order valence-electron chi connectivity index (χ3n) is 5.66. The molecule has 2 aromatic rings. The van der Waals surface area contributed by atoms with Gasteiger partial charge in [-0.2, -0.15) is 0 Å². The second-order valence-electron chi connectivity index (χ2n) is 6.99. The molecule has 1 fully saturated rings. The summed E-state index contributed by atoms with van der Waals surface area (Å²) >= 11 is 0. The van der Waals surface area contributed by atoms with Crippen molar-refractivity contribution in [3.8, 4) is 0 Å². The molecule has 1 aliphatic rings. The van der Waals surface area contributed by atoms with Gasteiger partial charge in [-0.1, -0.05) is 32.0 Å². The Hall–Kier alpha value is -1.28. The highest BCUT2D eigenvalue weighted by Crippen LogP contribution is 2.30. The molecule has 3 atom stereocenters. The quantitative estimate of drug-likeness (QED) is 0.884. The largest absolute Gasteiger partial charge is 0.346 e. The lowest BCUT2D eigenvalue weighted by Gasteiger charge is -2.32. The topological polar surface area (TPSA) is 17.0 Å². The van der Waals surface area contributed by atoms with Crippen molar-refractivity contribution in [3.63, 3.8) is 0 Å². The van der Waals surface area contributed by atoms with E-state index in [0.717, 1.165) is 18.4 Å². The molecule has 0 saturated heterocycles. The third kappa shape index (κ3) is 2.74. The molecule has 1 saturated carbocycles. The first-order valence-electron chi connectivity index (χ1n) is 8.34. The van der Waals surface area contributed by atoms with Crippen LogP contribution in [0.25, 0.3) is 10.9 Å². The molecular formula is C19H28N2. The molecule has 0 radical (unpaired) electrons. The smallest absolute Gasteiger partial charge is 0.0483 e. The molecular weight excluding hydrogens is 256 g/mol. The molecule has 2 heteroatoms. The lowest BCUT2D eigenvalue weighted by molar-refractivity contribution is 0.225. The Bertz CT molecular complexity index is 587. The van der Waals surface area contributed by atoms with E-state index in [-0.39, 0.29) is 0 Å². The van der Waals surface area contributed by atoms with Crippen LogP contribution in [0.5, 0.6) is 0 Å². The molecule has 0 bridgehead atoms. The maximum Gasteiger partial charge on any atom is 0.0483 e. The fraction of sp³-hybridized carbons (Fsp3) is 0.579. The normalized spacial score (nSPS) is 26.4. The zero-order chi connectivity index (χ0) is 15.0. The molecule has 3 unspecified atom stereocenters. The maximum atomic E-state index is 3.81. The van der Waals surface area contributed by atoms with Gasteiger partial charge in [-0.3, -0.25) is 0 Å². The predicted molar refractivity (Wildman–Crippen MR) is 90.5 cm³/mol. The Kier molecular flexibility index (Phi) is 4.08. The zero-order valence-corrected chi connectivity index (χ0v) is 13.8. The first-order valence-corrected chi connectivity index (χ1v) is 8.34. The average molecular weight is 284 g/mol. The van der Waals surface area contributed by atoms with E-state index in [2.05, 4.69) is 62.0 Å². The van der Waals surface area contributed by atoms with E-state index in [1.165, 1.54) is 41.4 Å². The Morgan fingerprint density at radius 1 is 1.14 bits per heavy atom. The van der Waals surface area contributed by atoms with Gasteiger partial charge in [0.05, 0.1) is 0 Å². The van der Waals surface area contributed by atoms with Crippen molar-refractivity contribution in [2.24, 2.45) is 18.9 Å². The van der Waals surface area contributed by atoms with Crippen molar-refractivity contribution in [2.75, 3.05) is 0 Å². The predicted octanol–water partition coefficient (Wildman–Crippen LogP) is 4.40. The van der Waals surface area contributed by atoms with Crippen LogP contribution >= 0.6 is 0 Å². The van der Waals surface area contributed by atoms with Gasteiger partial charge in [0.1, 0.15) is 0 Å². The molecule has 3 rings (SSSR count). The Morgan fingerprint density at radius 3 is 2.62 bits per heavy atom. The Labute approximate surface area is 128 Å². The van der Waals surface area contributed by atoms with Gasteiger partial charge in [0.2, 0.25) is 0 Å². The van der Waals surface area contributed by atoms with Crippen molar-refractivity contribution < 1.29 is 0 Å². The minimum atomic E-state index is 0.689. The highest BCUT2D eigenvalue weighted by atomic mass is 15.0. The highest BCUT2D eigenvalue weighted by molar-refractivity contribution is 5.85. The maximum absolute atomic E-state index is 3.81. The number of fused-ring (bicyclic) bond motifs is 1. The monoisotopic (exact) mass is 284 g/mol. The number of aryl methyl sites for hydroxylation is 2. The molecule has 1 N–H and O–H groups in total. The van der Waals surface area contributed by atoms with Crippen LogP contribution in [-0.2, 0) is 13.6 Å². The van der Waals surface area contributed by atoms with Crippen molar-refractivity contribution in [1.82, 2.24) is 9.88 Å². The molecule has 0 aliphatic heterocycles. The Balaban J connectivity index is 1.74. The molecule has 1 aromatic carbocycles. The number of benzene rings is 1. The Morgan fingerprint density at radius 2 is 1.90 bits per heavy atom. The minimum Gasteiger partial charge on any atom is -0.346 e. The summed E-state index contributed by atoms with van der Waals surface area (Å²) in [6, 6.07) is 9.41. The average Bonchev–Trinajstić information content (AvgIpc) is 2.73. The molecule has 2 nitrogen and oxygen atoms in total. The van der Waals surface area contributed by atoms with Crippen LogP contribution in [0.15, 0.2) is 24.3 Å². The minimum absolute atomic E-state index is 0.689. The number of hydrogen-bond donors (Lipinski definition) is 1. The van der Waals surface area contributed by atoms with E-state index in [9.17, 15) is 0 Å². The lowest BCUT2D eigenvalue weighted by atomic mass is 9.79. The number of nitrogens with zero attached hydrogens (tertiary/aromatic N) is 1. The summed E-state index contributed by atoms with van der Waals surface area (Å²) in [7, 11) is 2.19. The van der Waals surface area contributed by atoms with Gasteiger partial charge >= 0.3 is 0 Å². The van der Waals surface area contributed by atoms with Gasteiger partial charge in [0.15, 0.2) is 0 Å². The fourth-order valence-electron chi connectivity index (χ4n) is 3.86. The molecule has 1 aromatic heterocycles. The van der Waals surface area contributed by atoms with E-state index in [0.29, 0.717) is 6.04 Å². The van der Waals surface area contributed by atoms with Crippen LogP contribution in [0.2, 0.25) is 0 Å². The van der Waals surface area contributed by atoms with Gasteiger partial charge in [-0.05, 0) is 49.7 Å². The second-order valence-corrected chi connectivity index (χ2v) is 6.99. The van der Waals surface area contributed by atoms with Gasteiger partial charge in [-0.15, -0.1) is 0 Å². The summed E-state index contributed by atoms with van der Waals surface area (Å²) in [5.74, 6) is 1.74.